The number of aryl methyl sites for hydroxylation is 1. The lowest BCUT2D eigenvalue weighted by Gasteiger charge is -2.15. The summed E-state index contributed by atoms with van der Waals surface area (Å²) < 4.78 is 1.76. The molecule has 0 bridgehead atoms. The first kappa shape index (κ1) is 19.7. The third kappa shape index (κ3) is 6.01. The van der Waals surface area contributed by atoms with Gasteiger partial charge in [0, 0.05) is 24.2 Å². The Morgan fingerprint density at radius 1 is 1.40 bits per heavy atom. The number of hydrogen-bond donors (Lipinski definition) is 3. The maximum Gasteiger partial charge on any atom is 0.262 e. The zero-order valence-corrected chi connectivity index (χ0v) is 16.5. The van der Waals surface area contributed by atoms with Crippen LogP contribution in [0, 0.1) is 12.8 Å². The molecule has 25 heavy (non-hydrogen) atoms. The molecule has 1 amide bonds. The molecule has 0 saturated heterocycles. The van der Waals surface area contributed by atoms with Crippen LogP contribution >= 0.6 is 23.8 Å². The van der Waals surface area contributed by atoms with Crippen molar-refractivity contribution in [2.75, 3.05) is 0 Å². The van der Waals surface area contributed by atoms with Crippen molar-refractivity contribution >= 4 is 40.9 Å². The summed E-state index contributed by atoms with van der Waals surface area (Å²) in [6.45, 7) is 6.82. The molecule has 0 atom stereocenters. The lowest BCUT2D eigenvalue weighted by Crippen LogP contribution is -2.48. The minimum absolute atomic E-state index is 0.303. The lowest BCUT2D eigenvalue weighted by atomic mass is 10.2. The van der Waals surface area contributed by atoms with E-state index in [2.05, 4.69) is 35.1 Å². The van der Waals surface area contributed by atoms with Crippen LogP contribution in [0.5, 0.6) is 0 Å². The van der Waals surface area contributed by atoms with Gasteiger partial charge < -0.3 is 5.32 Å². The van der Waals surface area contributed by atoms with Crippen molar-refractivity contribution in [1.82, 2.24) is 25.9 Å². The van der Waals surface area contributed by atoms with E-state index in [1.54, 1.807) is 10.8 Å². The van der Waals surface area contributed by atoms with E-state index in [9.17, 15) is 4.79 Å². The minimum atomic E-state index is -0.303. The van der Waals surface area contributed by atoms with Gasteiger partial charge in [-0.15, -0.1) is 0 Å². The van der Waals surface area contributed by atoms with Crippen LogP contribution in [0.3, 0.4) is 0 Å². The molecule has 3 N–H and O–H groups in total. The third-order valence-electron chi connectivity index (χ3n) is 4.04. The van der Waals surface area contributed by atoms with Crippen LogP contribution in [0.4, 0.5) is 0 Å². The average Bonchev–Trinajstić information content (AvgIpc) is 3.12. The molecular weight excluding hydrogens is 358 g/mol. The number of nitrogens with zero attached hydrogens (tertiary/aromatic N) is 2. The molecule has 0 unspecified atom stereocenters. The van der Waals surface area contributed by atoms with E-state index < -0.39 is 0 Å². The highest BCUT2D eigenvalue weighted by Gasteiger charge is 2.15. The number of carbonyl (C=O) groups excluding carboxylic acids is 1. The lowest BCUT2D eigenvalue weighted by molar-refractivity contribution is -0.116. The van der Waals surface area contributed by atoms with Gasteiger partial charge >= 0.3 is 0 Å². The normalized spacial score (nSPS) is 15.1. The number of hydrazine groups is 1. The Kier molecular flexibility index (Phi) is 7.25. The Morgan fingerprint density at radius 2 is 2.08 bits per heavy atom. The van der Waals surface area contributed by atoms with Gasteiger partial charge in [-0.2, -0.15) is 5.10 Å². The van der Waals surface area contributed by atoms with E-state index in [-0.39, 0.29) is 5.91 Å². The molecule has 1 aliphatic rings. The second kappa shape index (κ2) is 9.20. The maximum absolute atomic E-state index is 11.9. The molecule has 0 aromatic carbocycles. The summed E-state index contributed by atoms with van der Waals surface area (Å²) in [5.74, 6) is 0.136. The minimum Gasteiger partial charge on any atom is -0.359 e. The fourth-order valence-electron chi connectivity index (χ4n) is 2.83. The fraction of sp³-hybridized carbons (Fsp3) is 0.588. The molecule has 1 saturated carbocycles. The van der Waals surface area contributed by atoms with E-state index in [0.717, 1.165) is 30.6 Å². The zero-order chi connectivity index (χ0) is 18.4. The largest absolute Gasteiger partial charge is 0.359 e. The molecule has 138 valence electrons. The van der Waals surface area contributed by atoms with Gasteiger partial charge in [-0.1, -0.05) is 38.3 Å². The third-order valence-corrected chi connectivity index (χ3v) is 4.66. The molecule has 1 heterocycles. The monoisotopic (exact) mass is 383 g/mol. The van der Waals surface area contributed by atoms with Gasteiger partial charge in [0.1, 0.15) is 5.15 Å². The van der Waals surface area contributed by atoms with E-state index in [0.29, 0.717) is 22.2 Å². The molecule has 0 aliphatic heterocycles. The molecule has 1 aromatic rings. The Morgan fingerprint density at radius 3 is 2.72 bits per heavy atom. The number of amides is 1. The Labute approximate surface area is 159 Å². The standard InChI is InChI=1S/C17H26ClN5OS/c1-11(2)10-23-16(18)14(12(3)22-23)8-9-15(24)20-21-17(25)19-13-6-4-5-7-13/h8-9,11,13H,4-7,10H2,1-3H3,(H,20,24)(H2,19,21,25)/b9-8+. The van der Waals surface area contributed by atoms with E-state index >= 15 is 0 Å². The smallest absolute Gasteiger partial charge is 0.262 e. The molecule has 2 rings (SSSR count). The van der Waals surface area contributed by atoms with Gasteiger partial charge in [0.25, 0.3) is 5.91 Å². The van der Waals surface area contributed by atoms with Crippen LogP contribution in [0.15, 0.2) is 6.08 Å². The van der Waals surface area contributed by atoms with Gasteiger partial charge in [0.05, 0.1) is 5.69 Å². The van der Waals surface area contributed by atoms with Gasteiger partial charge in [-0.25, -0.2) is 0 Å². The second-order valence-corrected chi connectivity index (χ2v) is 7.53. The SMILES string of the molecule is Cc1nn(CC(C)C)c(Cl)c1/C=C/C(=O)NNC(=S)NC1CCCC1. The summed E-state index contributed by atoms with van der Waals surface area (Å²) in [5, 5.41) is 8.59. The van der Waals surface area contributed by atoms with Gasteiger partial charge in [0.2, 0.25) is 0 Å². The molecule has 1 aliphatic carbocycles. The van der Waals surface area contributed by atoms with Crippen molar-refractivity contribution in [3.63, 3.8) is 0 Å². The molecule has 0 spiro atoms. The van der Waals surface area contributed by atoms with Crippen LogP contribution in [-0.2, 0) is 11.3 Å². The van der Waals surface area contributed by atoms with Crippen LogP contribution in [0.2, 0.25) is 5.15 Å². The predicted molar refractivity (Wildman–Crippen MR) is 105 cm³/mol. The summed E-state index contributed by atoms with van der Waals surface area (Å²) in [6, 6.07) is 0.403. The van der Waals surface area contributed by atoms with Gasteiger partial charge in [-0.3, -0.25) is 20.3 Å². The highest BCUT2D eigenvalue weighted by atomic mass is 35.5. The van der Waals surface area contributed by atoms with E-state index in [1.807, 2.05) is 6.92 Å². The van der Waals surface area contributed by atoms with Crippen molar-refractivity contribution in [3.05, 3.63) is 22.5 Å². The van der Waals surface area contributed by atoms with Gasteiger partial charge in [0.15, 0.2) is 5.11 Å². The van der Waals surface area contributed by atoms with Crippen molar-refractivity contribution < 1.29 is 4.79 Å². The number of hydrogen-bond acceptors (Lipinski definition) is 3. The number of nitrogens with one attached hydrogen (secondary N) is 3. The molecule has 1 fully saturated rings. The summed E-state index contributed by atoms with van der Waals surface area (Å²) in [7, 11) is 0. The Balaban J connectivity index is 1.85. The number of aromatic nitrogens is 2. The quantitative estimate of drug-likeness (QED) is 0.414. The molecule has 0 radical (unpaired) electrons. The number of rotatable bonds is 5. The average molecular weight is 384 g/mol. The summed E-state index contributed by atoms with van der Waals surface area (Å²) in [6.07, 6.45) is 7.77. The van der Waals surface area contributed by atoms with Crippen LogP contribution < -0.4 is 16.2 Å². The topological polar surface area (TPSA) is 71.0 Å². The summed E-state index contributed by atoms with van der Waals surface area (Å²) >= 11 is 11.5. The highest BCUT2D eigenvalue weighted by molar-refractivity contribution is 7.80. The second-order valence-electron chi connectivity index (χ2n) is 6.77. The summed E-state index contributed by atoms with van der Waals surface area (Å²) in [5.41, 5.74) is 6.82. The first-order valence-corrected chi connectivity index (χ1v) is 9.43. The first-order valence-electron chi connectivity index (χ1n) is 8.64. The molecule has 1 aromatic heterocycles. The molecule has 6 nitrogen and oxygen atoms in total. The molecular formula is C17H26ClN5OS. The van der Waals surface area contributed by atoms with Crippen molar-refractivity contribution in [2.45, 2.75) is 59.0 Å². The fourth-order valence-corrected chi connectivity index (χ4v) is 3.36. The van der Waals surface area contributed by atoms with Crippen LogP contribution in [0.1, 0.15) is 50.8 Å². The van der Waals surface area contributed by atoms with Crippen LogP contribution in [-0.4, -0.2) is 26.8 Å². The first-order chi connectivity index (χ1) is 11.9. The van der Waals surface area contributed by atoms with Crippen LogP contribution in [0.25, 0.3) is 6.08 Å². The zero-order valence-electron chi connectivity index (χ0n) is 14.9. The Bertz CT molecular complexity index is 650. The van der Waals surface area contributed by atoms with E-state index in [4.69, 9.17) is 23.8 Å². The number of thiocarbonyl (C=S) groups is 1. The predicted octanol–water partition coefficient (Wildman–Crippen LogP) is 2.95. The molecule has 8 heteroatoms. The van der Waals surface area contributed by atoms with E-state index in [1.165, 1.54) is 18.9 Å². The highest BCUT2D eigenvalue weighted by Crippen LogP contribution is 2.22. The maximum atomic E-state index is 11.9. The van der Waals surface area contributed by atoms with Gasteiger partial charge in [-0.05, 0) is 44.0 Å². The van der Waals surface area contributed by atoms with Crippen molar-refractivity contribution in [1.29, 1.82) is 0 Å². The number of carbonyl (C=O) groups is 1. The Hall–Kier alpha value is -1.60. The summed E-state index contributed by atoms with van der Waals surface area (Å²) in [4.78, 5) is 11.9. The number of halogens is 1. The van der Waals surface area contributed by atoms with Crippen molar-refractivity contribution in [2.24, 2.45) is 5.92 Å². The van der Waals surface area contributed by atoms with Crippen molar-refractivity contribution in [3.8, 4) is 0 Å².